The predicted molar refractivity (Wildman–Crippen MR) is 115 cm³/mol. The largest absolute Gasteiger partial charge is 0.497 e. The van der Waals surface area contributed by atoms with Crippen LogP contribution in [0.3, 0.4) is 0 Å². The molecule has 0 aliphatic carbocycles. The summed E-state index contributed by atoms with van der Waals surface area (Å²) in [5, 5.41) is -1.14. The molecule has 0 radical (unpaired) electrons. The van der Waals surface area contributed by atoms with Crippen LogP contribution in [0, 0.1) is 0 Å². The second-order valence-corrected chi connectivity index (χ2v) is 9.43. The lowest BCUT2D eigenvalue weighted by Crippen LogP contribution is -2.35. The van der Waals surface area contributed by atoms with Crippen LogP contribution in [-0.2, 0) is 21.2 Å². The van der Waals surface area contributed by atoms with Gasteiger partial charge in [0.2, 0.25) is 5.91 Å². The molecular formula is C24H23NO4S. The van der Waals surface area contributed by atoms with Gasteiger partial charge in [-0.3, -0.25) is 4.79 Å². The zero-order valence-electron chi connectivity index (χ0n) is 16.6. The quantitative estimate of drug-likeness (QED) is 0.609. The summed E-state index contributed by atoms with van der Waals surface area (Å²) >= 11 is 0. The maximum atomic E-state index is 13.4. The van der Waals surface area contributed by atoms with E-state index < -0.39 is 21.0 Å². The van der Waals surface area contributed by atoms with Gasteiger partial charge in [-0.2, -0.15) is 0 Å². The van der Waals surface area contributed by atoms with Crippen LogP contribution in [0.1, 0.15) is 17.0 Å². The molecule has 4 rings (SSSR count). The first-order valence-electron chi connectivity index (χ1n) is 9.76. The number of nitrogens with zero attached hydrogens (tertiary/aromatic N) is 1. The predicted octanol–water partition coefficient (Wildman–Crippen LogP) is 3.66. The van der Waals surface area contributed by atoms with Crippen molar-refractivity contribution in [2.24, 2.45) is 0 Å². The molecule has 1 fully saturated rings. The molecular weight excluding hydrogens is 398 g/mol. The Hall–Kier alpha value is -3.12. The van der Waals surface area contributed by atoms with Crippen LogP contribution in [0.25, 0.3) is 0 Å². The Labute approximate surface area is 176 Å². The highest BCUT2D eigenvalue weighted by molar-refractivity contribution is 7.92. The molecule has 154 valence electrons. The summed E-state index contributed by atoms with van der Waals surface area (Å²) in [4.78, 5) is 15.2. The van der Waals surface area contributed by atoms with Crippen LogP contribution in [0.4, 0.5) is 0 Å². The lowest BCUT2D eigenvalue weighted by molar-refractivity contribution is -0.127. The summed E-state index contributed by atoms with van der Waals surface area (Å²) in [5.41, 5.74) is 1.78. The number of hydrogen-bond acceptors (Lipinski definition) is 4. The van der Waals surface area contributed by atoms with Crippen molar-refractivity contribution in [1.29, 1.82) is 0 Å². The second kappa shape index (κ2) is 8.32. The summed E-state index contributed by atoms with van der Waals surface area (Å²) in [6.45, 7) is 0.707. The highest BCUT2D eigenvalue weighted by Crippen LogP contribution is 2.37. The topological polar surface area (TPSA) is 63.7 Å². The molecule has 0 N–H and O–H groups in total. The number of likely N-dealkylation sites (tertiary alicyclic amines) is 1. The summed E-state index contributed by atoms with van der Waals surface area (Å²) in [5.74, 6) is -0.0520. The number of benzene rings is 3. The van der Waals surface area contributed by atoms with Crippen molar-refractivity contribution in [1.82, 2.24) is 4.90 Å². The molecule has 1 heterocycles. The zero-order valence-corrected chi connectivity index (χ0v) is 17.5. The minimum atomic E-state index is -3.83. The van der Waals surface area contributed by atoms with Crippen LogP contribution in [0.5, 0.6) is 5.75 Å². The monoisotopic (exact) mass is 421 g/mol. The Bertz CT molecular complexity index is 1110. The minimum Gasteiger partial charge on any atom is -0.497 e. The summed E-state index contributed by atoms with van der Waals surface area (Å²) in [7, 11) is -2.23. The highest BCUT2D eigenvalue weighted by atomic mass is 32.2. The molecule has 3 aromatic carbocycles. The van der Waals surface area contributed by atoms with Crippen molar-refractivity contribution in [2.45, 2.75) is 22.6 Å². The van der Waals surface area contributed by atoms with Gasteiger partial charge < -0.3 is 9.64 Å². The van der Waals surface area contributed by atoms with Crippen molar-refractivity contribution in [3.8, 4) is 5.75 Å². The van der Waals surface area contributed by atoms with Gasteiger partial charge in [-0.05, 0) is 35.4 Å². The standard InChI is InChI=1S/C24H23NO4S/c1-29-20-14-12-18(13-15-20)16-25-17-22(19-8-4-2-5-9-19)23(24(25)26)30(27,28)21-10-6-3-7-11-21/h2-15,22-23H,16-17H2,1H3/t22-,23-/m1/s1. The molecule has 0 unspecified atom stereocenters. The average molecular weight is 422 g/mol. The van der Waals surface area contributed by atoms with E-state index in [1.54, 1.807) is 42.3 Å². The molecule has 1 aliphatic rings. The molecule has 2 atom stereocenters. The maximum absolute atomic E-state index is 13.4. The molecule has 1 aliphatic heterocycles. The van der Waals surface area contributed by atoms with E-state index in [1.165, 1.54) is 0 Å². The Morgan fingerprint density at radius 2 is 1.50 bits per heavy atom. The maximum Gasteiger partial charge on any atom is 0.242 e. The molecule has 5 nitrogen and oxygen atoms in total. The average Bonchev–Trinajstić information content (AvgIpc) is 3.12. The van der Waals surface area contributed by atoms with E-state index in [1.807, 2.05) is 54.6 Å². The van der Waals surface area contributed by atoms with Gasteiger partial charge in [0.1, 0.15) is 5.75 Å². The molecule has 6 heteroatoms. The lowest BCUT2D eigenvalue weighted by atomic mass is 9.98. The van der Waals surface area contributed by atoms with Crippen molar-refractivity contribution >= 4 is 15.7 Å². The van der Waals surface area contributed by atoms with E-state index in [2.05, 4.69) is 0 Å². The number of methoxy groups -OCH3 is 1. The van der Waals surface area contributed by atoms with E-state index in [0.29, 0.717) is 13.1 Å². The Morgan fingerprint density at radius 3 is 2.10 bits per heavy atom. The number of ether oxygens (including phenoxy) is 1. The van der Waals surface area contributed by atoms with Gasteiger partial charge >= 0.3 is 0 Å². The molecule has 0 spiro atoms. The number of carbonyl (C=O) groups is 1. The van der Waals surface area contributed by atoms with Crippen molar-refractivity contribution in [3.05, 3.63) is 96.1 Å². The van der Waals surface area contributed by atoms with Gasteiger partial charge in [0.15, 0.2) is 15.1 Å². The van der Waals surface area contributed by atoms with Crippen LogP contribution in [0.2, 0.25) is 0 Å². The number of hydrogen-bond donors (Lipinski definition) is 0. The second-order valence-electron chi connectivity index (χ2n) is 7.36. The summed E-state index contributed by atoms with van der Waals surface area (Å²) < 4.78 is 32.1. The van der Waals surface area contributed by atoms with Crippen LogP contribution < -0.4 is 4.74 Å². The minimum absolute atomic E-state index is 0.176. The third-order valence-electron chi connectivity index (χ3n) is 5.50. The van der Waals surface area contributed by atoms with Gasteiger partial charge in [-0.25, -0.2) is 8.42 Å². The van der Waals surface area contributed by atoms with E-state index in [4.69, 9.17) is 4.74 Å². The smallest absolute Gasteiger partial charge is 0.242 e. The van der Waals surface area contributed by atoms with E-state index in [0.717, 1.165) is 16.9 Å². The van der Waals surface area contributed by atoms with E-state index >= 15 is 0 Å². The number of rotatable bonds is 6. The van der Waals surface area contributed by atoms with Gasteiger partial charge in [0, 0.05) is 19.0 Å². The molecule has 1 saturated heterocycles. The molecule has 1 amide bonds. The van der Waals surface area contributed by atoms with Crippen molar-refractivity contribution in [3.63, 3.8) is 0 Å². The fraction of sp³-hybridized carbons (Fsp3) is 0.208. The van der Waals surface area contributed by atoms with Crippen LogP contribution >= 0.6 is 0 Å². The number of sulfone groups is 1. The van der Waals surface area contributed by atoms with Crippen LogP contribution in [0.15, 0.2) is 89.8 Å². The van der Waals surface area contributed by atoms with Gasteiger partial charge in [0.05, 0.1) is 12.0 Å². The van der Waals surface area contributed by atoms with Gasteiger partial charge in [-0.1, -0.05) is 60.7 Å². The van der Waals surface area contributed by atoms with E-state index in [-0.39, 0.29) is 10.8 Å². The molecule has 3 aromatic rings. The molecule has 30 heavy (non-hydrogen) atoms. The van der Waals surface area contributed by atoms with Crippen molar-refractivity contribution in [2.75, 3.05) is 13.7 Å². The number of carbonyl (C=O) groups excluding carboxylic acids is 1. The SMILES string of the molecule is COc1ccc(CN2C[C@H](c3ccccc3)[C@@H](S(=O)(=O)c3ccccc3)C2=O)cc1. The zero-order chi connectivity index (χ0) is 21.1. The number of amides is 1. The van der Waals surface area contributed by atoms with E-state index in [9.17, 15) is 13.2 Å². The highest BCUT2D eigenvalue weighted by Gasteiger charge is 2.49. The third-order valence-corrected chi connectivity index (χ3v) is 7.63. The molecule has 0 bridgehead atoms. The van der Waals surface area contributed by atoms with Gasteiger partial charge in [-0.15, -0.1) is 0 Å². The van der Waals surface area contributed by atoms with Crippen molar-refractivity contribution < 1.29 is 17.9 Å². The molecule has 0 saturated carbocycles. The first kappa shape index (κ1) is 20.2. The van der Waals surface area contributed by atoms with Crippen LogP contribution in [-0.4, -0.2) is 38.1 Å². The Kier molecular flexibility index (Phi) is 5.59. The first-order valence-corrected chi connectivity index (χ1v) is 11.3. The summed E-state index contributed by atoms with van der Waals surface area (Å²) in [6, 6.07) is 25.1. The fourth-order valence-electron chi connectivity index (χ4n) is 3.96. The fourth-order valence-corrected chi connectivity index (χ4v) is 5.88. The first-order chi connectivity index (χ1) is 14.5. The Morgan fingerprint density at radius 1 is 0.900 bits per heavy atom. The normalized spacial score (nSPS) is 19.1. The van der Waals surface area contributed by atoms with Gasteiger partial charge in [0.25, 0.3) is 0 Å². The molecule has 0 aromatic heterocycles. The third kappa shape index (κ3) is 3.83. The Balaban J connectivity index is 1.69. The lowest BCUT2D eigenvalue weighted by Gasteiger charge is -2.17. The summed E-state index contributed by atoms with van der Waals surface area (Å²) in [6.07, 6.45) is 0.